The zero-order chi connectivity index (χ0) is 17.8. The molecule has 1 heterocycles. The lowest BCUT2D eigenvalue weighted by Crippen LogP contribution is -2.55. The summed E-state index contributed by atoms with van der Waals surface area (Å²) in [5.41, 5.74) is 0.512. The van der Waals surface area contributed by atoms with Gasteiger partial charge < -0.3 is 14.2 Å². The lowest BCUT2D eigenvalue weighted by Gasteiger charge is -2.40. The van der Waals surface area contributed by atoms with Gasteiger partial charge in [-0.1, -0.05) is 36.9 Å². The largest absolute Gasteiger partial charge is 0.422 e. The molecule has 2 rings (SSSR count). The van der Waals surface area contributed by atoms with E-state index in [0.29, 0.717) is 19.4 Å². The van der Waals surface area contributed by atoms with Gasteiger partial charge in [-0.15, -0.1) is 0 Å². The first-order valence-electron chi connectivity index (χ1n) is 8.00. The summed E-state index contributed by atoms with van der Waals surface area (Å²) in [4.78, 5) is 25.4. The predicted molar refractivity (Wildman–Crippen MR) is 90.0 cm³/mol. The number of methoxy groups -OCH3 is 1. The van der Waals surface area contributed by atoms with Crippen LogP contribution >= 0.6 is 0 Å². The molecule has 130 valence electrons. The van der Waals surface area contributed by atoms with E-state index in [2.05, 4.69) is 6.58 Å². The second kappa shape index (κ2) is 7.18. The molecular formula is C19H24O5. The molecule has 1 aliphatic rings. The van der Waals surface area contributed by atoms with Crippen LogP contribution in [0.25, 0.3) is 6.08 Å². The van der Waals surface area contributed by atoms with E-state index in [1.54, 1.807) is 27.0 Å². The maximum Gasteiger partial charge on any atom is 0.327 e. The van der Waals surface area contributed by atoms with Gasteiger partial charge >= 0.3 is 11.9 Å². The highest BCUT2D eigenvalue weighted by Gasteiger charge is 2.55. The van der Waals surface area contributed by atoms with Gasteiger partial charge in [-0.2, -0.15) is 0 Å². The third-order valence-electron chi connectivity index (χ3n) is 4.13. The summed E-state index contributed by atoms with van der Waals surface area (Å²) in [5.74, 6) is -2.30. The van der Waals surface area contributed by atoms with Gasteiger partial charge in [0.2, 0.25) is 0 Å². The summed E-state index contributed by atoms with van der Waals surface area (Å²) in [6, 6.07) is 7.56. The molecule has 5 heteroatoms. The monoisotopic (exact) mass is 332 g/mol. The van der Waals surface area contributed by atoms with E-state index in [-0.39, 0.29) is 6.42 Å². The van der Waals surface area contributed by atoms with Crippen LogP contribution in [0.3, 0.4) is 0 Å². The quantitative estimate of drug-likeness (QED) is 0.436. The van der Waals surface area contributed by atoms with Crippen LogP contribution in [-0.2, 0) is 30.2 Å². The molecule has 1 saturated heterocycles. The average molecular weight is 332 g/mol. The number of cyclic esters (lactones) is 2. The number of esters is 2. The number of carbonyl (C=O) groups excluding carboxylic acids is 2. The minimum atomic E-state index is -1.33. The molecule has 1 fully saturated rings. The number of hydrogen-bond donors (Lipinski definition) is 0. The van der Waals surface area contributed by atoms with E-state index in [1.165, 1.54) is 0 Å². The van der Waals surface area contributed by atoms with Gasteiger partial charge in [0.05, 0.1) is 0 Å². The van der Waals surface area contributed by atoms with Gasteiger partial charge in [0.25, 0.3) is 5.79 Å². The van der Waals surface area contributed by atoms with Gasteiger partial charge in [0.15, 0.2) is 5.41 Å². The SMILES string of the molecule is C=Cc1ccc(CC2(CCCOC)C(=O)OC(C)(C)OC2=O)cc1. The zero-order valence-electron chi connectivity index (χ0n) is 14.5. The summed E-state index contributed by atoms with van der Waals surface area (Å²) < 4.78 is 15.8. The van der Waals surface area contributed by atoms with Crippen LogP contribution in [0.4, 0.5) is 0 Å². The van der Waals surface area contributed by atoms with Crippen LogP contribution in [0.5, 0.6) is 0 Å². The second-order valence-corrected chi connectivity index (χ2v) is 6.48. The molecule has 0 bridgehead atoms. The number of carbonyl (C=O) groups is 2. The molecule has 0 amide bonds. The fraction of sp³-hybridized carbons (Fsp3) is 0.474. The van der Waals surface area contributed by atoms with E-state index < -0.39 is 23.1 Å². The van der Waals surface area contributed by atoms with Crippen LogP contribution in [0.1, 0.15) is 37.8 Å². The van der Waals surface area contributed by atoms with Crippen molar-refractivity contribution in [3.63, 3.8) is 0 Å². The predicted octanol–water partition coefficient (Wildman–Crippen LogP) is 3.12. The van der Waals surface area contributed by atoms with Crippen molar-refractivity contribution in [2.75, 3.05) is 13.7 Å². The van der Waals surface area contributed by atoms with E-state index in [4.69, 9.17) is 14.2 Å². The van der Waals surface area contributed by atoms with Crippen molar-refractivity contribution in [2.45, 2.75) is 38.9 Å². The molecule has 0 unspecified atom stereocenters. The van der Waals surface area contributed by atoms with Crippen LogP contribution in [0.15, 0.2) is 30.8 Å². The molecule has 1 aromatic carbocycles. The first-order chi connectivity index (χ1) is 11.3. The molecule has 1 aromatic rings. The summed E-state index contributed by atoms with van der Waals surface area (Å²) in [6.07, 6.45) is 2.86. The van der Waals surface area contributed by atoms with Gasteiger partial charge in [0, 0.05) is 27.6 Å². The molecule has 0 aliphatic carbocycles. The Hall–Kier alpha value is -2.14. The van der Waals surface area contributed by atoms with Crippen molar-refractivity contribution >= 4 is 18.0 Å². The average Bonchev–Trinajstić information content (AvgIpc) is 2.52. The van der Waals surface area contributed by atoms with Crippen molar-refractivity contribution in [3.05, 3.63) is 42.0 Å². The van der Waals surface area contributed by atoms with E-state index >= 15 is 0 Å². The normalized spacial score (nSPS) is 18.6. The highest BCUT2D eigenvalue weighted by atomic mass is 16.7. The topological polar surface area (TPSA) is 61.8 Å². The molecule has 24 heavy (non-hydrogen) atoms. The van der Waals surface area contributed by atoms with Crippen molar-refractivity contribution in [1.29, 1.82) is 0 Å². The fourth-order valence-corrected chi connectivity index (χ4v) is 2.82. The van der Waals surface area contributed by atoms with Crippen LogP contribution < -0.4 is 0 Å². The molecule has 0 atom stereocenters. The Morgan fingerprint density at radius 1 is 1.12 bits per heavy atom. The Morgan fingerprint density at radius 2 is 1.71 bits per heavy atom. The lowest BCUT2D eigenvalue weighted by molar-refractivity contribution is -0.251. The molecule has 1 aliphatic heterocycles. The zero-order valence-corrected chi connectivity index (χ0v) is 14.5. The third kappa shape index (κ3) is 3.85. The number of benzene rings is 1. The molecule has 0 spiro atoms. The number of rotatable bonds is 7. The van der Waals surface area contributed by atoms with Crippen molar-refractivity contribution in [2.24, 2.45) is 5.41 Å². The van der Waals surface area contributed by atoms with Crippen LogP contribution in [-0.4, -0.2) is 31.4 Å². The van der Waals surface area contributed by atoms with Crippen LogP contribution in [0, 0.1) is 5.41 Å². The molecule has 0 radical (unpaired) electrons. The first kappa shape index (κ1) is 18.2. The van der Waals surface area contributed by atoms with Crippen molar-refractivity contribution < 1.29 is 23.8 Å². The summed E-state index contributed by atoms with van der Waals surface area (Å²) >= 11 is 0. The summed E-state index contributed by atoms with van der Waals surface area (Å²) in [7, 11) is 1.58. The maximum absolute atomic E-state index is 12.7. The smallest absolute Gasteiger partial charge is 0.327 e. The van der Waals surface area contributed by atoms with Crippen LogP contribution in [0.2, 0.25) is 0 Å². The Labute approximate surface area is 142 Å². The standard InChI is InChI=1S/C19H24O5/c1-5-14-7-9-15(10-8-14)13-19(11-6-12-22-4)16(20)23-18(2,3)24-17(19)21/h5,7-10H,1,6,11-13H2,2-4H3. The number of hydrogen-bond acceptors (Lipinski definition) is 5. The highest BCUT2D eigenvalue weighted by Crippen LogP contribution is 2.39. The molecule has 0 saturated carbocycles. The third-order valence-corrected chi connectivity index (χ3v) is 4.13. The Bertz CT molecular complexity index is 595. The van der Waals surface area contributed by atoms with E-state index in [9.17, 15) is 9.59 Å². The van der Waals surface area contributed by atoms with Gasteiger partial charge in [-0.25, -0.2) is 0 Å². The minimum Gasteiger partial charge on any atom is -0.422 e. The highest BCUT2D eigenvalue weighted by molar-refractivity contribution is 6.02. The van der Waals surface area contributed by atoms with Crippen molar-refractivity contribution in [3.8, 4) is 0 Å². The Kier molecular flexibility index (Phi) is 5.44. The van der Waals surface area contributed by atoms with E-state index in [0.717, 1.165) is 11.1 Å². The second-order valence-electron chi connectivity index (χ2n) is 6.48. The Morgan fingerprint density at radius 3 is 2.21 bits per heavy atom. The first-order valence-corrected chi connectivity index (χ1v) is 8.00. The molecule has 5 nitrogen and oxygen atoms in total. The minimum absolute atomic E-state index is 0.238. The fourth-order valence-electron chi connectivity index (χ4n) is 2.82. The van der Waals surface area contributed by atoms with Crippen molar-refractivity contribution in [1.82, 2.24) is 0 Å². The van der Waals surface area contributed by atoms with Gasteiger partial charge in [0.1, 0.15) is 0 Å². The summed E-state index contributed by atoms with van der Waals surface area (Å²) in [6.45, 7) is 7.29. The molecule has 0 aromatic heterocycles. The Balaban J connectivity index is 2.30. The van der Waals surface area contributed by atoms with E-state index in [1.807, 2.05) is 24.3 Å². The number of ether oxygens (including phenoxy) is 3. The lowest BCUT2D eigenvalue weighted by atomic mass is 9.76. The van der Waals surface area contributed by atoms with Gasteiger partial charge in [-0.3, -0.25) is 9.59 Å². The van der Waals surface area contributed by atoms with Gasteiger partial charge in [-0.05, 0) is 30.4 Å². The maximum atomic E-state index is 12.7. The summed E-state index contributed by atoms with van der Waals surface area (Å²) in [5, 5.41) is 0. The molecular weight excluding hydrogens is 308 g/mol. The molecule has 0 N–H and O–H groups in total.